The van der Waals surface area contributed by atoms with Crippen molar-refractivity contribution in [2.24, 2.45) is 0 Å². The van der Waals surface area contributed by atoms with Crippen molar-refractivity contribution in [3.8, 4) is 0 Å². The second-order valence-electron chi connectivity index (χ2n) is 5.34. The van der Waals surface area contributed by atoms with Gasteiger partial charge in [0.05, 0.1) is 12.2 Å². The van der Waals surface area contributed by atoms with E-state index >= 15 is 0 Å². The molecule has 0 aliphatic heterocycles. The Kier molecular flexibility index (Phi) is 6.48. The Morgan fingerprint density at radius 1 is 1.45 bits per heavy atom. The van der Waals surface area contributed by atoms with Crippen LogP contribution in [0.3, 0.4) is 0 Å². The first-order valence-electron chi connectivity index (χ1n) is 7.39. The van der Waals surface area contributed by atoms with Gasteiger partial charge in [0, 0.05) is 48.9 Å². The van der Waals surface area contributed by atoms with Crippen molar-refractivity contribution >= 4 is 17.2 Å². The molecule has 2 aromatic rings. The fourth-order valence-electron chi connectivity index (χ4n) is 2.08. The average Bonchev–Trinajstić information content (AvgIpc) is 3.05. The maximum atomic E-state index is 11.9. The highest BCUT2D eigenvalue weighted by atomic mass is 32.1. The molecule has 118 valence electrons. The normalized spacial score (nSPS) is 12.3. The third-order valence-corrected chi connectivity index (χ3v) is 4.48. The van der Waals surface area contributed by atoms with Crippen LogP contribution in [0.2, 0.25) is 0 Å². The molecule has 0 aromatic carbocycles. The second kappa shape index (κ2) is 8.60. The minimum absolute atomic E-state index is 0.0898. The SMILES string of the molecule is C[C@H](Cc1cnccn1)N(C)CCC(=O)NCc1cccs1. The fourth-order valence-corrected chi connectivity index (χ4v) is 2.72. The third-order valence-electron chi connectivity index (χ3n) is 3.61. The molecule has 1 amide bonds. The maximum absolute atomic E-state index is 11.9. The molecule has 2 aromatic heterocycles. The van der Waals surface area contributed by atoms with E-state index in [0.29, 0.717) is 19.0 Å². The van der Waals surface area contributed by atoms with E-state index in [4.69, 9.17) is 0 Å². The van der Waals surface area contributed by atoms with Crippen LogP contribution in [0.25, 0.3) is 0 Å². The van der Waals surface area contributed by atoms with Crippen LogP contribution >= 0.6 is 11.3 Å². The molecular formula is C16H22N4OS. The van der Waals surface area contributed by atoms with Crippen molar-refractivity contribution in [3.05, 3.63) is 46.7 Å². The van der Waals surface area contributed by atoms with E-state index in [1.54, 1.807) is 29.9 Å². The summed E-state index contributed by atoms with van der Waals surface area (Å²) < 4.78 is 0. The van der Waals surface area contributed by atoms with Gasteiger partial charge in [-0.2, -0.15) is 0 Å². The van der Waals surface area contributed by atoms with Gasteiger partial charge in [-0.1, -0.05) is 6.07 Å². The Hall–Kier alpha value is -1.79. The number of hydrogen-bond donors (Lipinski definition) is 1. The monoisotopic (exact) mass is 318 g/mol. The molecule has 0 radical (unpaired) electrons. The highest BCUT2D eigenvalue weighted by Gasteiger charge is 2.12. The minimum atomic E-state index is 0.0898. The van der Waals surface area contributed by atoms with Crippen molar-refractivity contribution in [3.63, 3.8) is 0 Å². The molecule has 0 unspecified atom stereocenters. The van der Waals surface area contributed by atoms with Gasteiger partial charge in [-0.3, -0.25) is 14.8 Å². The van der Waals surface area contributed by atoms with Crippen LogP contribution in [0.1, 0.15) is 23.9 Å². The Balaban J connectivity index is 1.67. The van der Waals surface area contributed by atoms with Crippen molar-refractivity contribution in [2.75, 3.05) is 13.6 Å². The summed E-state index contributed by atoms with van der Waals surface area (Å²) in [6.45, 7) is 3.49. The van der Waals surface area contributed by atoms with Gasteiger partial charge in [-0.15, -0.1) is 11.3 Å². The minimum Gasteiger partial charge on any atom is -0.351 e. The van der Waals surface area contributed by atoms with Crippen LogP contribution in [0.5, 0.6) is 0 Å². The number of nitrogens with zero attached hydrogens (tertiary/aromatic N) is 3. The molecule has 1 N–H and O–H groups in total. The van der Waals surface area contributed by atoms with Crippen LogP contribution in [0.4, 0.5) is 0 Å². The largest absolute Gasteiger partial charge is 0.351 e. The predicted octanol–water partition coefficient (Wildman–Crippen LogP) is 2.11. The first-order valence-corrected chi connectivity index (χ1v) is 8.27. The third kappa shape index (κ3) is 5.54. The van der Waals surface area contributed by atoms with Gasteiger partial charge in [0.25, 0.3) is 0 Å². The Bertz CT molecular complexity index is 559. The first kappa shape index (κ1) is 16.6. The number of rotatable bonds is 8. The summed E-state index contributed by atoms with van der Waals surface area (Å²) in [4.78, 5) is 23.6. The first-order chi connectivity index (χ1) is 10.6. The lowest BCUT2D eigenvalue weighted by Gasteiger charge is -2.24. The van der Waals surface area contributed by atoms with E-state index in [-0.39, 0.29) is 5.91 Å². The number of aromatic nitrogens is 2. The summed E-state index contributed by atoms with van der Waals surface area (Å²) in [5.74, 6) is 0.0898. The van der Waals surface area contributed by atoms with Gasteiger partial charge >= 0.3 is 0 Å². The highest BCUT2D eigenvalue weighted by molar-refractivity contribution is 7.09. The van der Waals surface area contributed by atoms with Gasteiger partial charge < -0.3 is 10.2 Å². The Morgan fingerprint density at radius 3 is 3.00 bits per heavy atom. The summed E-state index contributed by atoms with van der Waals surface area (Å²) in [5, 5.41) is 4.97. The summed E-state index contributed by atoms with van der Waals surface area (Å²) in [5.41, 5.74) is 0.976. The smallest absolute Gasteiger partial charge is 0.221 e. The molecule has 2 rings (SSSR count). The number of nitrogens with one attached hydrogen (secondary N) is 1. The van der Waals surface area contributed by atoms with Crippen molar-refractivity contribution in [1.82, 2.24) is 20.2 Å². The average molecular weight is 318 g/mol. The number of likely N-dealkylation sites (N-methyl/N-ethyl adjacent to an activating group) is 1. The van der Waals surface area contributed by atoms with Crippen LogP contribution in [-0.2, 0) is 17.8 Å². The molecule has 5 nitrogen and oxygen atoms in total. The van der Waals surface area contributed by atoms with Crippen LogP contribution < -0.4 is 5.32 Å². The molecule has 6 heteroatoms. The fraction of sp³-hybridized carbons (Fsp3) is 0.438. The molecule has 22 heavy (non-hydrogen) atoms. The van der Waals surface area contributed by atoms with Crippen molar-refractivity contribution < 1.29 is 4.79 Å². The molecule has 2 heterocycles. The zero-order valence-corrected chi connectivity index (χ0v) is 13.8. The number of thiophene rings is 1. The van der Waals surface area contributed by atoms with E-state index in [9.17, 15) is 4.79 Å². The van der Waals surface area contributed by atoms with Gasteiger partial charge in [0.1, 0.15) is 0 Å². The lowest BCUT2D eigenvalue weighted by molar-refractivity contribution is -0.121. The van der Waals surface area contributed by atoms with Crippen molar-refractivity contribution in [1.29, 1.82) is 0 Å². The Morgan fingerprint density at radius 2 is 2.32 bits per heavy atom. The van der Waals surface area contributed by atoms with Gasteiger partial charge in [-0.25, -0.2) is 0 Å². The molecule has 0 aliphatic rings. The molecular weight excluding hydrogens is 296 g/mol. The summed E-state index contributed by atoms with van der Waals surface area (Å²) in [6, 6.07) is 4.34. The molecule has 1 atom stereocenters. The highest BCUT2D eigenvalue weighted by Crippen LogP contribution is 2.08. The molecule has 0 saturated heterocycles. The van der Waals surface area contributed by atoms with Crippen LogP contribution in [0, 0.1) is 0 Å². The molecule has 0 fully saturated rings. The van der Waals surface area contributed by atoms with E-state index in [0.717, 1.165) is 18.7 Å². The number of amides is 1. The number of carbonyl (C=O) groups excluding carboxylic acids is 1. The Labute approximate surface area is 135 Å². The predicted molar refractivity (Wildman–Crippen MR) is 88.6 cm³/mol. The van der Waals surface area contributed by atoms with Gasteiger partial charge in [0.15, 0.2) is 0 Å². The summed E-state index contributed by atoms with van der Waals surface area (Å²) >= 11 is 1.66. The van der Waals surface area contributed by atoms with E-state index in [1.165, 1.54) is 4.88 Å². The van der Waals surface area contributed by atoms with E-state index < -0.39 is 0 Å². The summed E-state index contributed by atoms with van der Waals surface area (Å²) in [7, 11) is 2.04. The molecule has 0 saturated carbocycles. The zero-order valence-electron chi connectivity index (χ0n) is 13.0. The number of carbonyl (C=O) groups is 1. The summed E-state index contributed by atoms with van der Waals surface area (Å²) in [6.07, 6.45) is 6.52. The van der Waals surface area contributed by atoms with Crippen molar-refractivity contribution in [2.45, 2.75) is 32.4 Å². The number of hydrogen-bond acceptors (Lipinski definition) is 5. The molecule has 0 aliphatic carbocycles. The van der Waals surface area contributed by atoms with Crippen LogP contribution in [0.15, 0.2) is 36.1 Å². The lowest BCUT2D eigenvalue weighted by atomic mass is 10.1. The molecule has 0 spiro atoms. The standard InChI is InChI=1S/C16H22N4OS/c1-13(10-14-11-17-6-7-18-14)20(2)8-5-16(21)19-12-15-4-3-9-22-15/h3-4,6-7,9,11,13H,5,8,10,12H2,1-2H3,(H,19,21)/t13-/m1/s1. The second-order valence-corrected chi connectivity index (χ2v) is 6.37. The van der Waals surface area contributed by atoms with Crippen LogP contribution in [-0.4, -0.2) is 40.4 Å². The lowest BCUT2D eigenvalue weighted by Crippen LogP contribution is -2.35. The maximum Gasteiger partial charge on any atom is 0.221 e. The topological polar surface area (TPSA) is 58.1 Å². The molecule has 0 bridgehead atoms. The quantitative estimate of drug-likeness (QED) is 0.810. The van der Waals surface area contributed by atoms with E-state index in [1.807, 2.05) is 24.6 Å². The van der Waals surface area contributed by atoms with Gasteiger partial charge in [0.2, 0.25) is 5.91 Å². The van der Waals surface area contributed by atoms with E-state index in [2.05, 4.69) is 27.1 Å². The zero-order chi connectivity index (χ0) is 15.8. The van der Waals surface area contributed by atoms with Gasteiger partial charge in [-0.05, 0) is 25.4 Å².